The zero-order chi connectivity index (χ0) is 20.5. The molecule has 150 valence electrons. The normalized spacial score (nSPS) is 21.9. The third-order valence-corrected chi connectivity index (χ3v) is 6.16. The van der Waals surface area contributed by atoms with E-state index >= 15 is 0 Å². The number of halogens is 1. The molecule has 2 amide bonds. The van der Waals surface area contributed by atoms with Crippen LogP contribution in [0.25, 0.3) is 0 Å². The van der Waals surface area contributed by atoms with Crippen LogP contribution in [0.5, 0.6) is 0 Å². The molecule has 2 aliphatic rings. The Hall–Kier alpha value is -2.66. The van der Waals surface area contributed by atoms with Gasteiger partial charge in [-0.3, -0.25) is 14.4 Å². The topological polar surface area (TPSA) is 57.7 Å². The van der Waals surface area contributed by atoms with Gasteiger partial charge in [0.15, 0.2) is 0 Å². The second-order valence-corrected chi connectivity index (χ2v) is 8.19. The number of amides is 2. The van der Waals surface area contributed by atoms with Gasteiger partial charge in [0.2, 0.25) is 11.8 Å². The van der Waals surface area contributed by atoms with Gasteiger partial charge < -0.3 is 9.80 Å². The maximum Gasteiger partial charge on any atom is 0.246 e. The molecule has 1 aliphatic carbocycles. The Morgan fingerprint density at radius 3 is 2.59 bits per heavy atom. The van der Waals surface area contributed by atoms with E-state index in [1.165, 1.54) is 0 Å². The molecule has 0 N–H and O–H groups in total. The Morgan fingerprint density at radius 1 is 1.14 bits per heavy atom. The quantitative estimate of drug-likeness (QED) is 0.768. The summed E-state index contributed by atoms with van der Waals surface area (Å²) in [5.41, 5.74) is 2.45. The van der Waals surface area contributed by atoms with Crippen molar-refractivity contribution in [3.8, 4) is 0 Å². The summed E-state index contributed by atoms with van der Waals surface area (Å²) in [6.07, 6.45) is 2.26. The predicted molar refractivity (Wildman–Crippen MR) is 112 cm³/mol. The molecule has 5 nitrogen and oxygen atoms in total. The summed E-state index contributed by atoms with van der Waals surface area (Å²) in [5.74, 6) is -0.433. The second-order valence-electron chi connectivity index (χ2n) is 7.75. The monoisotopic (exact) mass is 410 g/mol. The molecule has 2 unspecified atom stereocenters. The SMILES string of the molecule is CN1C(=O)CN(C(=O)CC2CCCC2=O)C(c2ccccc2)c2cc(Cl)ccc21. The molecule has 29 heavy (non-hydrogen) atoms. The zero-order valence-electron chi connectivity index (χ0n) is 16.3. The van der Waals surface area contributed by atoms with E-state index in [-0.39, 0.29) is 36.5 Å². The Bertz CT molecular complexity index is 960. The highest BCUT2D eigenvalue weighted by Crippen LogP contribution is 2.39. The van der Waals surface area contributed by atoms with Crippen LogP contribution >= 0.6 is 11.6 Å². The molecule has 0 saturated heterocycles. The maximum atomic E-state index is 13.4. The van der Waals surface area contributed by atoms with E-state index in [0.717, 1.165) is 29.7 Å². The predicted octanol–water partition coefficient (Wildman–Crippen LogP) is 3.99. The lowest BCUT2D eigenvalue weighted by Gasteiger charge is -2.31. The van der Waals surface area contributed by atoms with Crippen LogP contribution in [0.15, 0.2) is 48.5 Å². The van der Waals surface area contributed by atoms with Crippen molar-refractivity contribution in [3.05, 3.63) is 64.7 Å². The van der Waals surface area contributed by atoms with Crippen LogP contribution in [0.2, 0.25) is 5.02 Å². The van der Waals surface area contributed by atoms with Crippen molar-refractivity contribution in [1.29, 1.82) is 0 Å². The van der Waals surface area contributed by atoms with E-state index in [0.29, 0.717) is 11.4 Å². The highest BCUT2D eigenvalue weighted by Gasteiger charge is 2.37. The molecule has 4 rings (SSSR count). The Morgan fingerprint density at radius 2 is 1.90 bits per heavy atom. The number of anilines is 1. The number of ketones is 1. The minimum Gasteiger partial charge on any atom is -0.322 e. The van der Waals surface area contributed by atoms with E-state index in [1.54, 1.807) is 22.9 Å². The van der Waals surface area contributed by atoms with Crippen LogP contribution < -0.4 is 4.90 Å². The minimum atomic E-state index is -0.442. The van der Waals surface area contributed by atoms with Gasteiger partial charge in [0, 0.05) is 42.1 Å². The molecule has 2 aromatic rings. The van der Waals surface area contributed by atoms with Crippen molar-refractivity contribution in [2.24, 2.45) is 5.92 Å². The molecule has 1 aliphatic heterocycles. The average Bonchev–Trinajstić information content (AvgIpc) is 3.07. The third-order valence-electron chi connectivity index (χ3n) is 5.92. The average molecular weight is 411 g/mol. The van der Waals surface area contributed by atoms with Gasteiger partial charge in [0.1, 0.15) is 12.3 Å². The molecule has 0 spiro atoms. The number of Topliss-reactive ketones (excluding diaryl/α,β-unsaturated/α-hetero) is 1. The molecule has 2 atom stereocenters. The number of hydrogen-bond acceptors (Lipinski definition) is 3. The zero-order valence-corrected chi connectivity index (χ0v) is 17.1. The smallest absolute Gasteiger partial charge is 0.246 e. The minimum absolute atomic E-state index is 0.0396. The van der Waals surface area contributed by atoms with Crippen LogP contribution in [-0.2, 0) is 14.4 Å². The number of carbonyl (C=O) groups excluding carboxylic acids is 3. The molecule has 6 heteroatoms. The van der Waals surface area contributed by atoms with E-state index < -0.39 is 6.04 Å². The first-order valence-corrected chi connectivity index (χ1v) is 10.3. The van der Waals surface area contributed by atoms with Crippen molar-refractivity contribution < 1.29 is 14.4 Å². The number of carbonyl (C=O) groups is 3. The fourth-order valence-corrected chi connectivity index (χ4v) is 4.53. The first kappa shape index (κ1) is 19.6. The Labute approximate surface area is 175 Å². The molecule has 2 aromatic carbocycles. The molecule has 0 aromatic heterocycles. The Kier molecular flexibility index (Phi) is 5.41. The molecule has 1 heterocycles. The van der Waals surface area contributed by atoms with Crippen molar-refractivity contribution in [2.75, 3.05) is 18.5 Å². The maximum absolute atomic E-state index is 13.4. The molecule has 1 fully saturated rings. The molecular weight excluding hydrogens is 388 g/mol. The number of fused-ring (bicyclic) bond motifs is 1. The molecule has 0 bridgehead atoms. The lowest BCUT2D eigenvalue weighted by molar-refractivity contribution is -0.138. The van der Waals surface area contributed by atoms with Crippen LogP contribution in [-0.4, -0.2) is 36.1 Å². The number of likely N-dealkylation sites (N-methyl/N-ethyl adjacent to an activating group) is 1. The summed E-state index contributed by atoms with van der Waals surface area (Å²) in [6.45, 7) is -0.0396. The van der Waals surface area contributed by atoms with Gasteiger partial charge in [-0.25, -0.2) is 0 Å². The van der Waals surface area contributed by atoms with Crippen LogP contribution in [0.1, 0.15) is 42.9 Å². The highest BCUT2D eigenvalue weighted by atomic mass is 35.5. The van der Waals surface area contributed by atoms with E-state index in [4.69, 9.17) is 11.6 Å². The lowest BCUT2D eigenvalue weighted by Crippen LogP contribution is -2.41. The summed E-state index contributed by atoms with van der Waals surface area (Å²) in [6, 6.07) is 14.6. The largest absolute Gasteiger partial charge is 0.322 e. The number of benzene rings is 2. The summed E-state index contributed by atoms with van der Waals surface area (Å²) in [7, 11) is 1.71. The van der Waals surface area contributed by atoms with E-state index in [1.807, 2.05) is 42.5 Å². The molecule has 0 radical (unpaired) electrons. The van der Waals surface area contributed by atoms with Gasteiger partial charge >= 0.3 is 0 Å². The fourth-order valence-electron chi connectivity index (χ4n) is 4.35. The van der Waals surface area contributed by atoms with Crippen molar-refractivity contribution in [3.63, 3.8) is 0 Å². The lowest BCUT2D eigenvalue weighted by atomic mass is 9.94. The Balaban J connectivity index is 1.80. The summed E-state index contributed by atoms with van der Waals surface area (Å²) < 4.78 is 0. The van der Waals surface area contributed by atoms with Gasteiger partial charge in [-0.15, -0.1) is 0 Å². The number of nitrogens with zero attached hydrogens (tertiary/aromatic N) is 2. The molecule has 1 saturated carbocycles. The van der Waals surface area contributed by atoms with Crippen LogP contribution in [0.3, 0.4) is 0 Å². The summed E-state index contributed by atoms with van der Waals surface area (Å²) >= 11 is 6.30. The number of hydrogen-bond donors (Lipinski definition) is 0. The number of rotatable bonds is 3. The summed E-state index contributed by atoms with van der Waals surface area (Å²) in [4.78, 5) is 41.5. The van der Waals surface area contributed by atoms with Gasteiger partial charge in [0.25, 0.3) is 0 Å². The van der Waals surface area contributed by atoms with Crippen molar-refractivity contribution in [1.82, 2.24) is 4.90 Å². The fraction of sp³-hybridized carbons (Fsp3) is 0.348. The standard InChI is InChI=1S/C23H23ClN2O3/c1-25-19-11-10-17(24)13-18(19)23(15-6-3-2-4-7-15)26(14-22(25)29)21(28)12-16-8-5-9-20(16)27/h2-4,6-7,10-11,13,16,23H,5,8-9,12,14H2,1H3. The van der Waals surface area contributed by atoms with E-state index in [2.05, 4.69) is 0 Å². The van der Waals surface area contributed by atoms with E-state index in [9.17, 15) is 14.4 Å². The first-order chi connectivity index (χ1) is 14.0. The highest BCUT2D eigenvalue weighted by molar-refractivity contribution is 6.30. The van der Waals surface area contributed by atoms with Crippen LogP contribution in [0, 0.1) is 5.92 Å². The van der Waals surface area contributed by atoms with Crippen LogP contribution in [0.4, 0.5) is 5.69 Å². The third kappa shape index (κ3) is 3.79. The van der Waals surface area contributed by atoms with Gasteiger partial charge in [-0.05, 0) is 36.6 Å². The van der Waals surface area contributed by atoms with Gasteiger partial charge in [-0.1, -0.05) is 41.9 Å². The second kappa shape index (κ2) is 7.99. The molecular formula is C23H23ClN2O3. The first-order valence-electron chi connectivity index (χ1n) is 9.89. The van der Waals surface area contributed by atoms with Gasteiger partial charge in [0.05, 0.1) is 6.04 Å². The van der Waals surface area contributed by atoms with Gasteiger partial charge in [-0.2, -0.15) is 0 Å². The van der Waals surface area contributed by atoms with Crippen molar-refractivity contribution >= 4 is 34.9 Å². The summed E-state index contributed by atoms with van der Waals surface area (Å²) in [5, 5.41) is 0.547. The van der Waals surface area contributed by atoms with Crippen molar-refractivity contribution in [2.45, 2.75) is 31.7 Å².